The fourth-order valence-corrected chi connectivity index (χ4v) is 1.81. The number of nitro benzene ring substituents is 1. The van der Waals surface area contributed by atoms with Gasteiger partial charge in [0.2, 0.25) is 0 Å². The smallest absolute Gasteiger partial charge is 0.271 e. The normalized spacial score (nSPS) is 24.3. The first-order chi connectivity index (χ1) is 7.59. The molecule has 1 N–H and O–H groups in total. The van der Waals surface area contributed by atoms with Crippen LogP contribution in [0.3, 0.4) is 0 Å². The number of benzene rings is 1. The predicted molar refractivity (Wildman–Crippen MR) is 60.6 cm³/mol. The Morgan fingerprint density at radius 3 is 3.00 bits per heavy atom. The molecule has 86 valence electrons. The van der Waals surface area contributed by atoms with Crippen LogP contribution in [0.2, 0.25) is 0 Å². The number of hydrogen-bond donors (Lipinski definition) is 1. The molecule has 2 rings (SSSR count). The minimum absolute atomic E-state index is 0.104. The zero-order valence-corrected chi connectivity index (χ0v) is 9.10. The molecule has 1 aromatic rings. The molecule has 0 aliphatic carbocycles. The fourth-order valence-electron chi connectivity index (χ4n) is 1.81. The molecule has 1 heterocycles. The van der Waals surface area contributed by atoms with Gasteiger partial charge in [-0.25, -0.2) is 0 Å². The van der Waals surface area contributed by atoms with Crippen LogP contribution >= 0.6 is 0 Å². The fraction of sp³-hybridized carbons (Fsp3) is 0.455. The number of hydrogen-bond acceptors (Lipinski definition) is 4. The largest absolute Gasteiger partial charge is 0.379 e. The summed E-state index contributed by atoms with van der Waals surface area (Å²) >= 11 is 0. The number of nitro groups is 1. The Morgan fingerprint density at radius 1 is 1.56 bits per heavy atom. The molecule has 1 atom stereocenters. The third-order valence-corrected chi connectivity index (χ3v) is 2.72. The monoisotopic (exact) mass is 222 g/mol. The van der Waals surface area contributed by atoms with Gasteiger partial charge in [-0.3, -0.25) is 10.1 Å². The van der Waals surface area contributed by atoms with Gasteiger partial charge in [0.1, 0.15) is 0 Å². The lowest BCUT2D eigenvalue weighted by Crippen LogP contribution is -2.34. The minimum Gasteiger partial charge on any atom is -0.379 e. The summed E-state index contributed by atoms with van der Waals surface area (Å²) in [6.07, 6.45) is 0.912. The summed E-state index contributed by atoms with van der Waals surface area (Å²) in [5.41, 5.74) is 0.754. The van der Waals surface area contributed by atoms with Crippen molar-refractivity contribution in [3.05, 3.63) is 34.4 Å². The van der Waals surface area contributed by atoms with Crippen molar-refractivity contribution in [3.8, 4) is 0 Å². The van der Waals surface area contributed by atoms with E-state index in [2.05, 4.69) is 12.2 Å². The van der Waals surface area contributed by atoms with Crippen molar-refractivity contribution in [1.29, 1.82) is 0 Å². The molecular formula is C11H14N2O3. The Balaban J connectivity index is 2.15. The van der Waals surface area contributed by atoms with E-state index in [4.69, 9.17) is 4.74 Å². The first-order valence-electron chi connectivity index (χ1n) is 5.19. The molecule has 0 spiro atoms. The van der Waals surface area contributed by atoms with Crippen LogP contribution in [0, 0.1) is 10.1 Å². The van der Waals surface area contributed by atoms with Gasteiger partial charge in [-0.15, -0.1) is 0 Å². The van der Waals surface area contributed by atoms with E-state index in [1.165, 1.54) is 6.07 Å². The summed E-state index contributed by atoms with van der Waals surface area (Å²) in [6.45, 7) is 3.42. The Labute approximate surface area is 93.6 Å². The summed E-state index contributed by atoms with van der Waals surface area (Å²) in [7, 11) is 0. The number of rotatable bonds is 3. The zero-order valence-electron chi connectivity index (χ0n) is 9.10. The summed E-state index contributed by atoms with van der Waals surface area (Å²) in [5.74, 6) is 0. The summed E-state index contributed by atoms with van der Waals surface area (Å²) in [4.78, 5) is 10.2. The SMILES string of the molecule is CC1(Nc2cccc([N+](=O)[O-])c2)CCOC1. The highest BCUT2D eigenvalue weighted by Gasteiger charge is 2.29. The van der Waals surface area contributed by atoms with Crippen molar-refractivity contribution in [2.45, 2.75) is 18.9 Å². The summed E-state index contributed by atoms with van der Waals surface area (Å²) in [6, 6.07) is 6.54. The molecule has 1 aromatic carbocycles. The summed E-state index contributed by atoms with van der Waals surface area (Å²) in [5, 5.41) is 13.9. The first-order valence-corrected chi connectivity index (χ1v) is 5.19. The average Bonchev–Trinajstić information content (AvgIpc) is 2.65. The molecule has 0 amide bonds. The Hall–Kier alpha value is -1.62. The second-order valence-electron chi connectivity index (χ2n) is 4.30. The van der Waals surface area contributed by atoms with E-state index in [0.29, 0.717) is 6.61 Å². The molecule has 5 nitrogen and oxygen atoms in total. The molecule has 0 saturated carbocycles. The molecule has 16 heavy (non-hydrogen) atoms. The molecule has 1 aliphatic rings. The van der Waals surface area contributed by atoms with Crippen molar-refractivity contribution in [2.75, 3.05) is 18.5 Å². The van der Waals surface area contributed by atoms with E-state index in [1.54, 1.807) is 12.1 Å². The second kappa shape index (κ2) is 4.09. The third kappa shape index (κ3) is 2.30. The minimum atomic E-state index is -0.390. The highest BCUT2D eigenvalue weighted by atomic mass is 16.6. The van der Waals surface area contributed by atoms with E-state index in [9.17, 15) is 10.1 Å². The van der Waals surface area contributed by atoms with Crippen molar-refractivity contribution in [2.24, 2.45) is 0 Å². The van der Waals surface area contributed by atoms with Gasteiger partial charge in [0.15, 0.2) is 0 Å². The van der Waals surface area contributed by atoms with Crippen LogP contribution in [0.25, 0.3) is 0 Å². The van der Waals surface area contributed by atoms with Crippen LogP contribution in [-0.2, 0) is 4.74 Å². The number of nitrogens with one attached hydrogen (secondary N) is 1. The molecule has 5 heteroatoms. The lowest BCUT2D eigenvalue weighted by atomic mass is 10.0. The van der Waals surface area contributed by atoms with Crippen LogP contribution in [0.5, 0.6) is 0 Å². The predicted octanol–water partition coefficient (Wildman–Crippen LogP) is 2.19. The van der Waals surface area contributed by atoms with Gasteiger partial charge < -0.3 is 10.1 Å². The number of ether oxygens (including phenoxy) is 1. The lowest BCUT2D eigenvalue weighted by molar-refractivity contribution is -0.384. The van der Waals surface area contributed by atoms with Gasteiger partial charge >= 0.3 is 0 Å². The maximum Gasteiger partial charge on any atom is 0.271 e. The van der Waals surface area contributed by atoms with E-state index < -0.39 is 4.92 Å². The Kier molecular flexibility index (Phi) is 2.78. The van der Waals surface area contributed by atoms with Gasteiger partial charge in [-0.05, 0) is 19.4 Å². The lowest BCUT2D eigenvalue weighted by Gasteiger charge is -2.24. The van der Waals surface area contributed by atoms with Gasteiger partial charge in [0.25, 0.3) is 5.69 Å². The Morgan fingerprint density at radius 2 is 2.38 bits per heavy atom. The van der Waals surface area contributed by atoms with E-state index in [-0.39, 0.29) is 11.2 Å². The number of nitrogens with zero attached hydrogens (tertiary/aromatic N) is 1. The molecule has 0 radical (unpaired) electrons. The maximum absolute atomic E-state index is 10.6. The van der Waals surface area contributed by atoms with Crippen LogP contribution < -0.4 is 5.32 Å². The highest BCUT2D eigenvalue weighted by molar-refractivity contribution is 5.52. The highest BCUT2D eigenvalue weighted by Crippen LogP contribution is 2.25. The van der Waals surface area contributed by atoms with Crippen LogP contribution in [0.4, 0.5) is 11.4 Å². The van der Waals surface area contributed by atoms with E-state index >= 15 is 0 Å². The molecule has 0 aromatic heterocycles. The molecule has 0 bridgehead atoms. The standard InChI is InChI=1S/C11H14N2O3/c1-11(5-6-16-8-11)12-9-3-2-4-10(7-9)13(14)15/h2-4,7,12H,5-6,8H2,1H3. The van der Waals surface area contributed by atoms with Crippen molar-refractivity contribution in [1.82, 2.24) is 0 Å². The van der Waals surface area contributed by atoms with Crippen molar-refractivity contribution in [3.63, 3.8) is 0 Å². The number of non-ortho nitro benzene ring substituents is 1. The van der Waals surface area contributed by atoms with Crippen molar-refractivity contribution >= 4 is 11.4 Å². The Bertz CT molecular complexity index is 400. The van der Waals surface area contributed by atoms with Crippen molar-refractivity contribution < 1.29 is 9.66 Å². The quantitative estimate of drug-likeness (QED) is 0.629. The maximum atomic E-state index is 10.6. The van der Waals surface area contributed by atoms with Crippen LogP contribution in [0.15, 0.2) is 24.3 Å². The molecule has 1 fully saturated rings. The van der Waals surface area contributed by atoms with Gasteiger partial charge in [0, 0.05) is 24.4 Å². The topological polar surface area (TPSA) is 64.4 Å². The first kappa shape index (κ1) is 10.9. The zero-order chi connectivity index (χ0) is 11.6. The van der Waals surface area contributed by atoms with E-state index in [1.807, 2.05) is 6.07 Å². The molecule has 1 saturated heterocycles. The number of anilines is 1. The average molecular weight is 222 g/mol. The van der Waals surface area contributed by atoms with Crippen LogP contribution in [0.1, 0.15) is 13.3 Å². The van der Waals surface area contributed by atoms with Crippen LogP contribution in [-0.4, -0.2) is 23.7 Å². The third-order valence-electron chi connectivity index (χ3n) is 2.72. The molecular weight excluding hydrogens is 208 g/mol. The molecule has 1 aliphatic heterocycles. The molecule has 1 unspecified atom stereocenters. The van der Waals surface area contributed by atoms with Gasteiger partial charge in [-0.1, -0.05) is 6.07 Å². The van der Waals surface area contributed by atoms with Gasteiger partial charge in [-0.2, -0.15) is 0 Å². The second-order valence-corrected chi connectivity index (χ2v) is 4.30. The summed E-state index contributed by atoms with van der Waals surface area (Å²) < 4.78 is 5.31. The van der Waals surface area contributed by atoms with E-state index in [0.717, 1.165) is 18.7 Å². The van der Waals surface area contributed by atoms with Gasteiger partial charge in [0.05, 0.1) is 17.1 Å².